The fourth-order valence-electron chi connectivity index (χ4n) is 5.36. The Labute approximate surface area is 335 Å². The Bertz CT molecular complexity index is 1130. The van der Waals surface area contributed by atoms with E-state index in [4.69, 9.17) is 24.3 Å². The summed E-state index contributed by atoms with van der Waals surface area (Å²) in [5.41, 5.74) is 5.34. The van der Waals surface area contributed by atoms with E-state index in [1.165, 1.54) is 70.6 Å². The van der Waals surface area contributed by atoms with Crippen LogP contribution in [-0.4, -0.2) is 49.3 Å². The van der Waals surface area contributed by atoms with Gasteiger partial charge in [-0.2, -0.15) is 0 Å². The molecule has 0 aliphatic carbocycles. The molecule has 0 heterocycles. The lowest BCUT2D eigenvalue weighted by Crippen LogP contribution is -2.29. The molecule has 0 radical (unpaired) electrons. The lowest BCUT2D eigenvalue weighted by Gasteiger charge is -2.19. The van der Waals surface area contributed by atoms with Crippen molar-refractivity contribution in [3.05, 3.63) is 72.9 Å². The van der Waals surface area contributed by atoms with Crippen molar-refractivity contribution in [2.45, 2.75) is 174 Å². The third kappa shape index (κ3) is 40.9. The first-order valence-corrected chi connectivity index (χ1v) is 22.9. The van der Waals surface area contributed by atoms with Crippen molar-refractivity contribution in [1.82, 2.24) is 0 Å². The van der Waals surface area contributed by atoms with Gasteiger partial charge in [0, 0.05) is 19.4 Å². The number of ether oxygens (including phenoxy) is 2. The Kier molecular flexibility index (Phi) is 39.2. The van der Waals surface area contributed by atoms with Gasteiger partial charge in [0.2, 0.25) is 0 Å². The monoisotopic (exact) mass is 792 g/mol. The summed E-state index contributed by atoms with van der Waals surface area (Å²) in [6.45, 7) is 3.59. The van der Waals surface area contributed by atoms with Gasteiger partial charge in [-0.15, -0.1) is 0 Å². The SMILES string of the molecule is CCCCCC=CCC=CCC=CCC=CCCCC(=O)OCC(COP(=O)(O)OCCN)OC(=O)CCCCCCCCCC=CCC=CCCCCC. The van der Waals surface area contributed by atoms with Crippen LogP contribution in [0.2, 0.25) is 0 Å². The summed E-state index contributed by atoms with van der Waals surface area (Å²) in [7, 11) is -4.39. The molecule has 0 bridgehead atoms. The molecule has 0 amide bonds. The minimum absolute atomic E-state index is 0.0414. The number of hydrogen-bond donors (Lipinski definition) is 2. The van der Waals surface area contributed by atoms with Crippen molar-refractivity contribution in [3.63, 3.8) is 0 Å². The van der Waals surface area contributed by atoms with Crippen molar-refractivity contribution in [3.8, 4) is 0 Å². The van der Waals surface area contributed by atoms with Crippen LogP contribution in [0, 0.1) is 0 Å². The van der Waals surface area contributed by atoms with Crippen LogP contribution in [0.15, 0.2) is 72.9 Å². The number of unbranched alkanes of at least 4 members (excludes halogenated alkanes) is 14. The van der Waals surface area contributed by atoms with Crippen LogP contribution >= 0.6 is 7.82 Å². The number of phosphoric acid groups is 1. The summed E-state index contributed by atoms with van der Waals surface area (Å²) in [6.07, 6.45) is 49.3. The van der Waals surface area contributed by atoms with Gasteiger partial charge in [-0.1, -0.05) is 145 Å². The molecule has 9 nitrogen and oxygen atoms in total. The summed E-state index contributed by atoms with van der Waals surface area (Å²) >= 11 is 0. The number of carbonyl (C=O) groups is 2. The summed E-state index contributed by atoms with van der Waals surface area (Å²) in [6, 6.07) is 0. The van der Waals surface area contributed by atoms with E-state index >= 15 is 0 Å². The van der Waals surface area contributed by atoms with E-state index in [0.29, 0.717) is 12.8 Å². The van der Waals surface area contributed by atoms with Crippen LogP contribution in [0.5, 0.6) is 0 Å². The van der Waals surface area contributed by atoms with Crippen LogP contribution < -0.4 is 5.73 Å². The fourth-order valence-corrected chi connectivity index (χ4v) is 6.13. The molecular formula is C45H78NO8P. The number of hydrogen-bond acceptors (Lipinski definition) is 8. The van der Waals surface area contributed by atoms with Crippen LogP contribution in [-0.2, 0) is 32.7 Å². The van der Waals surface area contributed by atoms with Crippen LogP contribution in [0.4, 0.5) is 0 Å². The van der Waals surface area contributed by atoms with Gasteiger partial charge >= 0.3 is 19.8 Å². The molecular weight excluding hydrogens is 713 g/mol. The molecule has 0 aromatic carbocycles. The molecule has 55 heavy (non-hydrogen) atoms. The van der Waals surface area contributed by atoms with Gasteiger partial charge in [0.25, 0.3) is 0 Å². The number of allylic oxidation sites excluding steroid dienone is 12. The number of rotatable bonds is 39. The first-order valence-electron chi connectivity index (χ1n) is 21.4. The van der Waals surface area contributed by atoms with Gasteiger partial charge in [0.15, 0.2) is 6.10 Å². The lowest BCUT2D eigenvalue weighted by atomic mass is 10.1. The van der Waals surface area contributed by atoms with Gasteiger partial charge in [-0.3, -0.25) is 18.6 Å². The quantitative estimate of drug-likeness (QED) is 0.0270. The van der Waals surface area contributed by atoms with Gasteiger partial charge in [-0.05, 0) is 83.5 Å². The van der Waals surface area contributed by atoms with Gasteiger partial charge < -0.3 is 20.1 Å². The molecule has 0 aliphatic rings. The summed E-state index contributed by atoms with van der Waals surface area (Å²) in [5, 5.41) is 0. The highest BCUT2D eigenvalue weighted by molar-refractivity contribution is 7.47. The normalized spacial score (nSPS) is 14.0. The average Bonchev–Trinajstić information content (AvgIpc) is 3.17. The molecule has 0 aliphatic heterocycles. The molecule has 2 atom stereocenters. The molecule has 10 heteroatoms. The fraction of sp³-hybridized carbons (Fsp3) is 0.689. The van der Waals surface area contributed by atoms with Crippen molar-refractivity contribution < 1.29 is 37.6 Å². The zero-order valence-electron chi connectivity index (χ0n) is 34.6. The largest absolute Gasteiger partial charge is 0.472 e. The maximum Gasteiger partial charge on any atom is 0.472 e. The van der Waals surface area contributed by atoms with E-state index < -0.39 is 32.5 Å². The predicted octanol–water partition coefficient (Wildman–Crippen LogP) is 12.3. The number of carbonyl (C=O) groups excluding carboxylic acids is 2. The van der Waals surface area contributed by atoms with E-state index in [2.05, 4.69) is 80.7 Å². The second kappa shape index (κ2) is 41.1. The van der Waals surface area contributed by atoms with E-state index in [9.17, 15) is 19.0 Å². The Morgan fingerprint density at radius 2 is 0.964 bits per heavy atom. The first-order chi connectivity index (χ1) is 26.8. The molecule has 3 N–H and O–H groups in total. The lowest BCUT2D eigenvalue weighted by molar-refractivity contribution is -0.161. The summed E-state index contributed by atoms with van der Waals surface area (Å²) in [5.74, 6) is -0.909. The molecule has 316 valence electrons. The Morgan fingerprint density at radius 3 is 1.45 bits per heavy atom. The highest BCUT2D eigenvalue weighted by atomic mass is 31.2. The zero-order valence-corrected chi connectivity index (χ0v) is 35.5. The number of nitrogens with two attached hydrogens (primary N) is 1. The second-order valence-corrected chi connectivity index (χ2v) is 15.3. The van der Waals surface area contributed by atoms with Crippen LogP contribution in [0.1, 0.15) is 168 Å². The smallest absolute Gasteiger partial charge is 0.462 e. The van der Waals surface area contributed by atoms with Gasteiger partial charge in [-0.25, -0.2) is 4.57 Å². The Morgan fingerprint density at radius 1 is 0.545 bits per heavy atom. The maximum absolute atomic E-state index is 12.6. The summed E-state index contributed by atoms with van der Waals surface area (Å²) in [4.78, 5) is 34.8. The van der Waals surface area contributed by atoms with E-state index in [1.807, 2.05) is 6.08 Å². The summed E-state index contributed by atoms with van der Waals surface area (Å²) < 4.78 is 32.7. The minimum atomic E-state index is -4.39. The molecule has 0 saturated heterocycles. The van der Waals surface area contributed by atoms with Crippen molar-refractivity contribution >= 4 is 19.8 Å². The zero-order chi connectivity index (χ0) is 40.3. The second-order valence-electron chi connectivity index (χ2n) is 13.8. The van der Waals surface area contributed by atoms with Crippen molar-refractivity contribution in [2.75, 3.05) is 26.4 Å². The molecule has 2 unspecified atom stereocenters. The topological polar surface area (TPSA) is 134 Å². The van der Waals surface area contributed by atoms with Crippen molar-refractivity contribution in [2.24, 2.45) is 5.73 Å². The van der Waals surface area contributed by atoms with Crippen LogP contribution in [0.3, 0.4) is 0 Å². The molecule has 0 aromatic rings. The van der Waals surface area contributed by atoms with E-state index in [1.54, 1.807) is 0 Å². The highest BCUT2D eigenvalue weighted by Gasteiger charge is 2.25. The Balaban J connectivity index is 4.28. The molecule has 0 spiro atoms. The average molecular weight is 792 g/mol. The number of esters is 2. The predicted molar refractivity (Wildman–Crippen MR) is 229 cm³/mol. The standard InChI is InChI=1S/C45H78NO8P/c1-3-5-7-9-11-13-15-17-19-21-23-25-27-29-31-33-35-37-44(47)51-41-43(42-53-55(49,50)52-40-39-46)54-45(48)38-36-34-32-30-28-26-24-22-20-18-16-14-12-10-8-6-4-2/h11-14,17-20,23,25,29,31,43H,3-10,15-16,21-22,24,26-28,30,32-42,46H2,1-2H3,(H,49,50). The highest BCUT2D eigenvalue weighted by Crippen LogP contribution is 2.43. The van der Waals surface area contributed by atoms with Gasteiger partial charge in [0.05, 0.1) is 13.2 Å². The maximum atomic E-state index is 12.6. The minimum Gasteiger partial charge on any atom is -0.462 e. The molecule has 0 aromatic heterocycles. The van der Waals surface area contributed by atoms with Crippen molar-refractivity contribution in [1.29, 1.82) is 0 Å². The van der Waals surface area contributed by atoms with Crippen LogP contribution in [0.25, 0.3) is 0 Å². The third-order valence-corrected chi connectivity index (χ3v) is 9.55. The van der Waals surface area contributed by atoms with E-state index in [0.717, 1.165) is 57.8 Å². The number of phosphoric ester groups is 1. The molecule has 0 saturated carbocycles. The Hall–Kier alpha value is -2.55. The molecule has 0 rings (SSSR count). The molecule has 0 fully saturated rings. The first kappa shape index (κ1) is 52.5. The van der Waals surface area contributed by atoms with E-state index in [-0.39, 0.29) is 32.6 Å². The van der Waals surface area contributed by atoms with Gasteiger partial charge in [0.1, 0.15) is 6.61 Å². The third-order valence-electron chi connectivity index (χ3n) is 8.56.